The molecular formula is C17H28N3O5S+. The average Bonchev–Trinajstić information content (AvgIpc) is 2.53. The monoisotopic (exact) mass is 386 g/mol. The van der Waals surface area contributed by atoms with Crippen molar-refractivity contribution in [1.82, 2.24) is 4.31 Å². The zero-order valence-electron chi connectivity index (χ0n) is 15.9. The van der Waals surface area contributed by atoms with E-state index in [2.05, 4.69) is 5.32 Å². The van der Waals surface area contributed by atoms with E-state index >= 15 is 0 Å². The van der Waals surface area contributed by atoms with Gasteiger partial charge in [-0.05, 0) is 32.0 Å². The third-order valence-electron chi connectivity index (χ3n) is 4.23. The molecule has 146 valence electrons. The standard InChI is InChI=1S/C17H27N3O5S/c1-12-9-20(10-13(2)25-12)11-17(21)18-14-6-7-15(24-5)16(8-14)26(22,23)19(3)4/h6-8,12-13H,9-11H2,1-5H3,(H,18,21)/p+1/t12-,13+. The van der Waals surface area contributed by atoms with Gasteiger partial charge in [-0.15, -0.1) is 0 Å². The second-order valence-electron chi connectivity index (χ2n) is 6.79. The van der Waals surface area contributed by atoms with E-state index in [1.807, 2.05) is 13.8 Å². The molecule has 0 spiro atoms. The molecule has 9 heteroatoms. The van der Waals surface area contributed by atoms with Crippen LogP contribution in [0.15, 0.2) is 23.1 Å². The smallest absolute Gasteiger partial charge is 0.279 e. The summed E-state index contributed by atoms with van der Waals surface area (Å²) in [6.07, 6.45) is 0.221. The summed E-state index contributed by atoms with van der Waals surface area (Å²) in [5.74, 6) is 0.0674. The number of hydrogen-bond acceptors (Lipinski definition) is 5. The lowest BCUT2D eigenvalue weighted by Crippen LogP contribution is -3.16. The highest BCUT2D eigenvalue weighted by Crippen LogP contribution is 2.28. The minimum absolute atomic E-state index is 0.0174. The van der Waals surface area contributed by atoms with Gasteiger partial charge in [-0.1, -0.05) is 0 Å². The van der Waals surface area contributed by atoms with Crippen LogP contribution in [-0.4, -0.2) is 71.7 Å². The quantitative estimate of drug-likeness (QED) is 0.693. The Morgan fingerprint density at radius 3 is 2.46 bits per heavy atom. The van der Waals surface area contributed by atoms with Gasteiger partial charge in [-0.3, -0.25) is 4.79 Å². The van der Waals surface area contributed by atoms with Crippen molar-refractivity contribution >= 4 is 21.6 Å². The molecule has 1 saturated heterocycles. The molecule has 0 aliphatic carbocycles. The summed E-state index contributed by atoms with van der Waals surface area (Å²) < 4.78 is 36.8. The maximum absolute atomic E-state index is 12.5. The summed E-state index contributed by atoms with van der Waals surface area (Å²) in [5.41, 5.74) is 0.421. The number of amides is 1. The summed E-state index contributed by atoms with van der Waals surface area (Å²) in [6.45, 7) is 5.83. The molecule has 1 aliphatic heterocycles. The molecule has 8 nitrogen and oxygen atoms in total. The number of nitrogens with zero attached hydrogens (tertiary/aromatic N) is 1. The highest BCUT2D eigenvalue weighted by Gasteiger charge is 2.28. The van der Waals surface area contributed by atoms with Crippen molar-refractivity contribution in [3.63, 3.8) is 0 Å². The fourth-order valence-corrected chi connectivity index (χ4v) is 4.19. The second-order valence-corrected chi connectivity index (χ2v) is 8.91. The molecular weight excluding hydrogens is 358 g/mol. The molecule has 26 heavy (non-hydrogen) atoms. The number of anilines is 1. The fourth-order valence-electron chi connectivity index (χ4n) is 3.12. The Hall–Kier alpha value is -1.68. The Morgan fingerprint density at radius 2 is 1.92 bits per heavy atom. The number of sulfonamides is 1. The Kier molecular flexibility index (Phi) is 6.62. The van der Waals surface area contributed by atoms with E-state index in [-0.39, 0.29) is 28.8 Å². The molecule has 0 saturated carbocycles. The number of carbonyl (C=O) groups excluding carboxylic acids is 1. The molecule has 1 fully saturated rings. The first kappa shape index (κ1) is 20.6. The number of quaternary nitrogens is 1. The van der Waals surface area contributed by atoms with E-state index < -0.39 is 10.0 Å². The van der Waals surface area contributed by atoms with Gasteiger partial charge in [-0.2, -0.15) is 0 Å². The second kappa shape index (κ2) is 8.34. The largest absolute Gasteiger partial charge is 0.495 e. The topological polar surface area (TPSA) is 89.4 Å². The molecule has 1 aromatic carbocycles. The van der Waals surface area contributed by atoms with E-state index in [0.717, 1.165) is 22.3 Å². The summed E-state index contributed by atoms with van der Waals surface area (Å²) in [7, 11) is 0.622. The molecule has 1 aliphatic rings. The third-order valence-corrected chi connectivity index (χ3v) is 6.07. The van der Waals surface area contributed by atoms with E-state index in [4.69, 9.17) is 9.47 Å². The maximum atomic E-state index is 12.5. The first-order valence-corrected chi connectivity index (χ1v) is 9.97. The van der Waals surface area contributed by atoms with Gasteiger partial charge in [0.25, 0.3) is 5.91 Å². The minimum Gasteiger partial charge on any atom is -0.495 e. The van der Waals surface area contributed by atoms with Crippen LogP contribution in [0.3, 0.4) is 0 Å². The van der Waals surface area contributed by atoms with Crippen LogP contribution in [0.5, 0.6) is 5.75 Å². The van der Waals surface area contributed by atoms with Crippen molar-refractivity contribution in [1.29, 1.82) is 0 Å². The van der Waals surface area contributed by atoms with Crippen LogP contribution in [0.25, 0.3) is 0 Å². The van der Waals surface area contributed by atoms with E-state index in [1.165, 1.54) is 33.3 Å². The first-order chi connectivity index (χ1) is 12.1. The SMILES string of the molecule is COc1ccc(NC(=O)C[NH+]2C[C@@H](C)O[C@@H](C)C2)cc1S(=O)(=O)N(C)C. The Morgan fingerprint density at radius 1 is 1.31 bits per heavy atom. The van der Waals surface area contributed by atoms with Crippen molar-refractivity contribution in [3.05, 3.63) is 18.2 Å². The van der Waals surface area contributed by atoms with Crippen LogP contribution in [-0.2, 0) is 19.6 Å². The third kappa shape index (κ3) is 4.94. The van der Waals surface area contributed by atoms with E-state index in [0.29, 0.717) is 12.2 Å². The number of ether oxygens (including phenoxy) is 2. The molecule has 1 unspecified atom stereocenters. The van der Waals surface area contributed by atoms with Gasteiger partial charge in [0.05, 0.1) is 7.11 Å². The van der Waals surface area contributed by atoms with Gasteiger partial charge in [0, 0.05) is 19.8 Å². The van der Waals surface area contributed by atoms with Gasteiger partial charge >= 0.3 is 0 Å². The molecule has 1 aromatic rings. The Bertz CT molecular complexity index is 741. The van der Waals surface area contributed by atoms with Crippen LogP contribution in [0.2, 0.25) is 0 Å². The number of nitrogens with one attached hydrogen (secondary N) is 2. The summed E-state index contributed by atoms with van der Waals surface area (Å²) in [6, 6.07) is 4.59. The molecule has 3 atom stereocenters. The van der Waals surface area contributed by atoms with E-state index in [9.17, 15) is 13.2 Å². The van der Waals surface area contributed by atoms with Crippen molar-refractivity contribution in [2.24, 2.45) is 0 Å². The number of carbonyl (C=O) groups is 1. The van der Waals surface area contributed by atoms with Gasteiger partial charge in [0.15, 0.2) is 6.54 Å². The maximum Gasteiger partial charge on any atom is 0.279 e. The number of rotatable bonds is 6. The number of methoxy groups -OCH3 is 1. The average molecular weight is 386 g/mol. The van der Waals surface area contributed by atoms with Gasteiger partial charge in [0.2, 0.25) is 10.0 Å². The van der Waals surface area contributed by atoms with Crippen LogP contribution in [0, 0.1) is 0 Å². The highest BCUT2D eigenvalue weighted by atomic mass is 32.2. The summed E-state index contributed by atoms with van der Waals surface area (Å²) in [4.78, 5) is 13.5. The molecule has 2 rings (SSSR count). The zero-order valence-corrected chi connectivity index (χ0v) is 16.7. The predicted octanol–water partition coefficient (Wildman–Crippen LogP) is -0.424. The lowest BCUT2D eigenvalue weighted by atomic mass is 10.2. The molecule has 0 radical (unpaired) electrons. The molecule has 0 bridgehead atoms. The van der Waals surface area contributed by atoms with Crippen LogP contribution in [0.4, 0.5) is 5.69 Å². The number of morpholine rings is 1. The van der Waals surface area contributed by atoms with Crippen molar-refractivity contribution in [2.45, 2.75) is 31.0 Å². The molecule has 1 heterocycles. The Balaban J connectivity index is 2.13. The fraction of sp³-hybridized carbons (Fsp3) is 0.588. The lowest BCUT2D eigenvalue weighted by molar-refractivity contribution is -0.907. The lowest BCUT2D eigenvalue weighted by Gasteiger charge is -2.31. The zero-order chi connectivity index (χ0) is 19.5. The first-order valence-electron chi connectivity index (χ1n) is 8.53. The molecule has 2 N–H and O–H groups in total. The molecule has 1 amide bonds. The summed E-state index contributed by atoms with van der Waals surface area (Å²) >= 11 is 0. The summed E-state index contributed by atoms with van der Waals surface area (Å²) in [5, 5.41) is 2.78. The molecule has 0 aromatic heterocycles. The van der Waals surface area contributed by atoms with Crippen LogP contribution in [0.1, 0.15) is 13.8 Å². The van der Waals surface area contributed by atoms with Crippen molar-refractivity contribution in [2.75, 3.05) is 46.2 Å². The van der Waals surface area contributed by atoms with Crippen molar-refractivity contribution in [3.8, 4) is 5.75 Å². The van der Waals surface area contributed by atoms with Crippen LogP contribution >= 0.6 is 0 Å². The number of benzene rings is 1. The predicted molar refractivity (Wildman–Crippen MR) is 98.1 cm³/mol. The van der Waals surface area contributed by atoms with Crippen LogP contribution < -0.4 is 15.0 Å². The van der Waals surface area contributed by atoms with Gasteiger partial charge in [-0.25, -0.2) is 12.7 Å². The van der Waals surface area contributed by atoms with Crippen molar-refractivity contribution < 1.29 is 27.6 Å². The Labute approximate surface area is 155 Å². The normalized spacial score (nSPS) is 23.7. The van der Waals surface area contributed by atoms with Gasteiger partial charge in [0.1, 0.15) is 35.9 Å². The van der Waals surface area contributed by atoms with Gasteiger partial charge < -0.3 is 19.7 Å². The highest BCUT2D eigenvalue weighted by molar-refractivity contribution is 7.89. The minimum atomic E-state index is -3.68. The van der Waals surface area contributed by atoms with E-state index in [1.54, 1.807) is 6.07 Å². The number of hydrogen-bond donors (Lipinski definition) is 2.